The van der Waals surface area contributed by atoms with E-state index in [4.69, 9.17) is 16.3 Å². The number of ether oxygens (including phenoxy) is 1. The first-order valence-corrected chi connectivity index (χ1v) is 7.04. The summed E-state index contributed by atoms with van der Waals surface area (Å²) in [6, 6.07) is 16.5. The summed E-state index contributed by atoms with van der Waals surface area (Å²) in [6.07, 6.45) is 0. The normalized spacial score (nSPS) is 9.14. The molecule has 22 heavy (non-hydrogen) atoms. The second-order valence-electron chi connectivity index (χ2n) is 4.34. The molecule has 0 aliphatic rings. The third-order valence-electron chi connectivity index (χ3n) is 2.60. The molecule has 0 aliphatic heterocycles. The van der Waals surface area contributed by atoms with Crippen molar-refractivity contribution in [3.8, 4) is 23.7 Å². The topological polar surface area (TPSA) is 26.3 Å². The summed E-state index contributed by atoms with van der Waals surface area (Å²) in [6.45, 7) is 0.122. The van der Waals surface area contributed by atoms with Crippen molar-refractivity contribution >= 4 is 17.4 Å². The van der Waals surface area contributed by atoms with Gasteiger partial charge in [0.25, 0.3) is 0 Å². The van der Waals surface area contributed by atoms with Crippen molar-refractivity contribution in [3.05, 3.63) is 70.7 Å². The molecule has 0 atom stereocenters. The van der Waals surface area contributed by atoms with E-state index in [1.807, 2.05) is 42.5 Å². The predicted octanol–water partition coefficient (Wildman–Crippen LogP) is 3.33. The van der Waals surface area contributed by atoms with Gasteiger partial charge in [0.1, 0.15) is 13.2 Å². The summed E-state index contributed by atoms with van der Waals surface area (Å²) in [5, 5.41) is 0.671. The maximum Gasteiger partial charge on any atom is 0.231 e. The molecule has 0 fully saturated rings. The Morgan fingerprint density at radius 2 is 1.64 bits per heavy atom. The van der Waals surface area contributed by atoms with Crippen LogP contribution in [0, 0.1) is 23.7 Å². The highest BCUT2D eigenvalue weighted by Gasteiger charge is 1.95. The van der Waals surface area contributed by atoms with Gasteiger partial charge in [-0.15, -0.1) is 0 Å². The summed E-state index contributed by atoms with van der Waals surface area (Å²) in [5.41, 5.74) is 1.65. The minimum absolute atomic E-state index is 0.0604. The van der Waals surface area contributed by atoms with Crippen LogP contribution in [0.25, 0.3) is 0 Å². The lowest BCUT2D eigenvalue weighted by molar-refractivity contribution is -0.117. The summed E-state index contributed by atoms with van der Waals surface area (Å²) in [5.74, 6) is 10.8. The van der Waals surface area contributed by atoms with Crippen molar-refractivity contribution < 1.29 is 9.53 Å². The van der Waals surface area contributed by atoms with E-state index in [0.717, 1.165) is 11.1 Å². The van der Waals surface area contributed by atoms with Gasteiger partial charge in [0.15, 0.2) is 0 Å². The maximum absolute atomic E-state index is 11.5. The molecule has 2 nitrogen and oxygen atoms in total. The van der Waals surface area contributed by atoms with Gasteiger partial charge in [0.2, 0.25) is 5.78 Å². The minimum atomic E-state index is -0.267. The number of carbonyl (C=O) groups excluding carboxylic acids is 1. The Hall–Kier alpha value is -2.52. The second kappa shape index (κ2) is 8.70. The Balaban J connectivity index is 1.74. The van der Waals surface area contributed by atoms with Crippen LogP contribution in [0.4, 0.5) is 0 Å². The van der Waals surface area contributed by atoms with Crippen molar-refractivity contribution in [2.24, 2.45) is 0 Å². The molecule has 2 aromatic rings. The van der Waals surface area contributed by atoms with Gasteiger partial charge < -0.3 is 4.74 Å². The molecular formula is C19H13ClO2. The van der Waals surface area contributed by atoms with Crippen molar-refractivity contribution in [2.45, 2.75) is 0 Å². The molecule has 2 aromatic carbocycles. The fourth-order valence-electron chi connectivity index (χ4n) is 1.57. The molecule has 0 radical (unpaired) electrons. The first-order valence-electron chi connectivity index (χ1n) is 6.66. The molecule has 0 N–H and O–H groups in total. The molecule has 0 heterocycles. The monoisotopic (exact) mass is 308 g/mol. The first kappa shape index (κ1) is 15.9. The lowest BCUT2D eigenvalue weighted by Crippen LogP contribution is -2.06. The number of carbonyl (C=O) groups is 1. The van der Waals surface area contributed by atoms with Gasteiger partial charge in [-0.1, -0.05) is 47.6 Å². The zero-order valence-corrected chi connectivity index (χ0v) is 12.6. The molecular weight excluding hydrogens is 296 g/mol. The average Bonchev–Trinajstić information content (AvgIpc) is 2.55. The first-order chi connectivity index (χ1) is 10.7. The molecule has 2 rings (SSSR count). The molecule has 0 amide bonds. The highest BCUT2D eigenvalue weighted by atomic mass is 35.5. The molecule has 0 aromatic heterocycles. The van der Waals surface area contributed by atoms with E-state index in [0.29, 0.717) is 5.02 Å². The predicted molar refractivity (Wildman–Crippen MR) is 87.5 cm³/mol. The SMILES string of the molecule is O=C(C#Cc1ccccc1)COCC#Cc1ccc(Cl)cc1. The quantitative estimate of drug-likeness (QED) is 0.642. The van der Waals surface area contributed by atoms with Crippen LogP contribution in [0.15, 0.2) is 54.6 Å². The third kappa shape index (κ3) is 5.85. The van der Waals surface area contributed by atoms with Crippen LogP contribution >= 0.6 is 11.6 Å². The molecule has 0 unspecified atom stereocenters. The Morgan fingerprint density at radius 3 is 2.36 bits per heavy atom. The average molecular weight is 309 g/mol. The van der Waals surface area contributed by atoms with E-state index in [-0.39, 0.29) is 19.0 Å². The van der Waals surface area contributed by atoms with Gasteiger partial charge >= 0.3 is 0 Å². The summed E-state index contributed by atoms with van der Waals surface area (Å²) in [4.78, 5) is 11.5. The largest absolute Gasteiger partial charge is 0.360 e. The highest BCUT2D eigenvalue weighted by Crippen LogP contribution is 2.08. The molecule has 0 bridgehead atoms. The van der Waals surface area contributed by atoms with E-state index in [9.17, 15) is 4.79 Å². The summed E-state index contributed by atoms with van der Waals surface area (Å²) < 4.78 is 5.18. The van der Waals surface area contributed by atoms with Crippen LogP contribution in [-0.2, 0) is 9.53 Å². The zero-order chi connectivity index (χ0) is 15.6. The number of rotatable bonds is 3. The molecule has 3 heteroatoms. The Bertz CT molecular complexity index is 741. The third-order valence-corrected chi connectivity index (χ3v) is 2.86. The second-order valence-corrected chi connectivity index (χ2v) is 4.78. The van der Waals surface area contributed by atoms with Gasteiger partial charge in [0.05, 0.1) is 0 Å². The standard InChI is InChI=1S/C19H13ClO2/c20-18-11-8-17(9-12-18)7-4-14-22-15-19(21)13-10-16-5-2-1-3-6-16/h1-3,5-6,8-9,11-12H,14-15H2. The minimum Gasteiger partial charge on any atom is -0.360 e. The summed E-state index contributed by atoms with van der Waals surface area (Å²) in [7, 11) is 0. The number of halogens is 1. The van der Waals surface area contributed by atoms with Crippen molar-refractivity contribution in [3.63, 3.8) is 0 Å². The number of hydrogen-bond donors (Lipinski definition) is 0. The van der Waals surface area contributed by atoms with Crippen LogP contribution in [0.5, 0.6) is 0 Å². The molecule has 0 aliphatic carbocycles. The van der Waals surface area contributed by atoms with Gasteiger partial charge in [-0.25, -0.2) is 0 Å². The fraction of sp³-hybridized carbons (Fsp3) is 0.105. The number of benzene rings is 2. The fourth-order valence-corrected chi connectivity index (χ4v) is 1.69. The Morgan fingerprint density at radius 1 is 0.955 bits per heavy atom. The van der Waals surface area contributed by atoms with Gasteiger partial charge in [-0.3, -0.25) is 4.79 Å². The van der Waals surface area contributed by atoms with Crippen LogP contribution in [0.1, 0.15) is 11.1 Å². The van der Waals surface area contributed by atoms with E-state index >= 15 is 0 Å². The van der Waals surface area contributed by atoms with Crippen LogP contribution in [-0.4, -0.2) is 19.0 Å². The molecule has 108 valence electrons. The number of Topliss-reactive ketones (excluding diaryl/α,β-unsaturated/α-hetero) is 1. The van der Waals surface area contributed by atoms with Crippen LogP contribution < -0.4 is 0 Å². The smallest absolute Gasteiger partial charge is 0.231 e. The summed E-state index contributed by atoms with van der Waals surface area (Å²) >= 11 is 5.78. The van der Waals surface area contributed by atoms with Crippen LogP contribution in [0.2, 0.25) is 5.02 Å². The van der Waals surface area contributed by atoms with E-state index in [1.165, 1.54) is 0 Å². The van der Waals surface area contributed by atoms with E-state index in [2.05, 4.69) is 23.7 Å². The molecule has 0 saturated heterocycles. The van der Waals surface area contributed by atoms with Crippen LogP contribution in [0.3, 0.4) is 0 Å². The molecule has 0 spiro atoms. The maximum atomic E-state index is 11.5. The lowest BCUT2D eigenvalue weighted by Gasteiger charge is -1.93. The van der Waals surface area contributed by atoms with Crippen molar-refractivity contribution in [1.29, 1.82) is 0 Å². The van der Waals surface area contributed by atoms with E-state index < -0.39 is 0 Å². The van der Waals surface area contributed by atoms with Gasteiger partial charge in [-0.05, 0) is 42.3 Å². The molecule has 0 saturated carbocycles. The lowest BCUT2D eigenvalue weighted by atomic mass is 10.2. The zero-order valence-electron chi connectivity index (χ0n) is 11.8. The van der Waals surface area contributed by atoms with E-state index in [1.54, 1.807) is 12.1 Å². The number of hydrogen-bond acceptors (Lipinski definition) is 2. The Kier molecular flexibility index (Phi) is 6.27. The van der Waals surface area contributed by atoms with Gasteiger partial charge in [-0.2, -0.15) is 0 Å². The number of ketones is 1. The Labute approximate surface area is 135 Å². The van der Waals surface area contributed by atoms with Crippen molar-refractivity contribution in [2.75, 3.05) is 13.2 Å². The van der Waals surface area contributed by atoms with Crippen molar-refractivity contribution in [1.82, 2.24) is 0 Å². The highest BCUT2D eigenvalue weighted by molar-refractivity contribution is 6.30. The van der Waals surface area contributed by atoms with Gasteiger partial charge in [0, 0.05) is 16.1 Å².